The Balaban J connectivity index is 0.000000771. The summed E-state index contributed by atoms with van der Waals surface area (Å²) >= 11 is 0. The lowest BCUT2D eigenvalue weighted by Gasteiger charge is -2.35. The zero-order valence-corrected chi connectivity index (χ0v) is 11.9. The molecule has 1 amide bonds. The minimum absolute atomic E-state index is 0.201. The monoisotopic (exact) mass is 247 g/mol. The van der Waals surface area contributed by atoms with Crippen LogP contribution in [-0.4, -0.2) is 23.4 Å². The third-order valence-corrected chi connectivity index (χ3v) is 3.38. The fourth-order valence-electron chi connectivity index (χ4n) is 2.44. The van der Waals surface area contributed by atoms with Crippen molar-refractivity contribution in [3.05, 3.63) is 35.9 Å². The van der Waals surface area contributed by atoms with Crippen LogP contribution in [-0.2, 0) is 0 Å². The molecule has 0 spiro atoms. The molecule has 2 rings (SSSR count). The summed E-state index contributed by atoms with van der Waals surface area (Å²) in [6.07, 6.45) is 4.64. The van der Waals surface area contributed by atoms with Crippen LogP contribution in [0.15, 0.2) is 30.3 Å². The van der Waals surface area contributed by atoms with Crippen molar-refractivity contribution in [3.8, 4) is 0 Å². The largest absolute Gasteiger partial charge is 0.336 e. The van der Waals surface area contributed by atoms with Crippen LogP contribution in [0.3, 0.4) is 0 Å². The Morgan fingerprint density at radius 3 is 2.50 bits per heavy atom. The second-order valence-corrected chi connectivity index (χ2v) is 4.42. The maximum atomic E-state index is 12.3. The van der Waals surface area contributed by atoms with E-state index in [-0.39, 0.29) is 5.91 Å². The number of carbonyl (C=O) groups excluding carboxylic acids is 1. The highest BCUT2D eigenvalue weighted by Crippen LogP contribution is 2.21. The number of hydrogen-bond donors (Lipinski definition) is 0. The van der Waals surface area contributed by atoms with Gasteiger partial charge in [-0.05, 0) is 37.8 Å². The van der Waals surface area contributed by atoms with Crippen LogP contribution in [0.25, 0.3) is 0 Å². The molecule has 1 aromatic rings. The molecule has 0 bridgehead atoms. The number of piperidine rings is 1. The number of amides is 1. The van der Waals surface area contributed by atoms with Crippen LogP contribution in [0, 0.1) is 0 Å². The van der Waals surface area contributed by atoms with Crippen molar-refractivity contribution in [2.75, 3.05) is 6.54 Å². The van der Waals surface area contributed by atoms with E-state index < -0.39 is 0 Å². The molecular formula is C16H25NO. The topological polar surface area (TPSA) is 20.3 Å². The predicted octanol–water partition coefficient (Wildman–Crippen LogP) is 4.12. The Hall–Kier alpha value is -1.31. The molecule has 2 heteroatoms. The van der Waals surface area contributed by atoms with Gasteiger partial charge in [-0.15, -0.1) is 0 Å². The van der Waals surface area contributed by atoms with Crippen LogP contribution in [0.4, 0.5) is 0 Å². The van der Waals surface area contributed by atoms with Crippen LogP contribution >= 0.6 is 0 Å². The van der Waals surface area contributed by atoms with E-state index >= 15 is 0 Å². The standard InChI is InChI=1S/C14H19NO.C2H6/c1-2-13-10-6-7-11-15(13)14(16)12-8-4-3-5-9-12;1-2/h3-5,8-9,13H,2,6-7,10-11H2,1H3;1-2H3. The van der Waals surface area contributed by atoms with Crippen LogP contribution in [0.2, 0.25) is 0 Å². The van der Waals surface area contributed by atoms with Gasteiger partial charge in [0, 0.05) is 18.2 Å². The third kappa shape index (κ3) is 3.59. The fourth-order valence-corrected chi connectivity index (χ4v) is 2.44. The van der Waals surface area contributed by atoms with E-state index in [1.807, 2.05) is 44.2 Å². The molecule has 0 aliphatic carbocycles. The van der Waals surface area contributed by atoms with Crippen LogP contribution < -0.4 is 0 Å². The van der Waals surface area contributed by atoms with Crippen molar-refractivity contribution < 1.29 is 4.79 Å². The average Bonchev–Trinajstić information content (AvgIpc) is 2.49. The molecule has 1 unspecified atom stereocenters. The molecule has 1 atom stereocenters. The number of likely N-dealkylation sites (tertiary alicyclic amines) is 1. The second-order valence-electron chi connectivity index (χ2n) is 4.42. The highest BCUT2D eigenvalue weighted by atomic mass is 16.2. The number of benzene rings is 1. The van der Waals surface area contributed by atoms with Gasteiger partial charge in [0.15, 0.2) is 0 Å². The summed E-state index contributed by atoms with van der Waals surface area (Å²) in [5.74, 6) is 0.201. The normalized spacial score (nSPS) is 18.8. The summed E-state index contributed by atoms with van der Waals surface area (Å²) in [4.78, 5) is 14.3. The molecule has 0 N–H and O–H groups in total. The van der Waals surface area contributed by atoms with Crippen molar-refractivity contribution in [3.63, 3.8) is 0 Å². The van der Waals surface area contributed by atoms with Crippen LogP contribution in [0.5, 0.6) is 0 Å². The van der Waals surface area contributed by atoms with Gasteiger partial charge in [-0.1, -0.05) is 39.0 Å². The maximum Gasteiger partial charge on any atom is 0.254 e. The smallest absolute Gasteiger partial charge is 0.254 e. The molecule has 1 aromatic carbocycles. The summed E-state index contributed by atoms with van der Waals surface area (Å²) < 4.78 is 0. The van der Waals surface area contributed by atoms with E-state index in [2.05, 4.69) is 11.8 Å². The van der Waals surface area contributed by atoms with E-state index in [9.17, 15) is 4.79 Å². The highest BCUT2D eigenvalue weighted by molar-refractivity contribution is 5.94. The second kappa shape index (κ2) is 7.91. The van der Waals surface area contributed by atoms with Gasteiger partial charge >= 0.3 is 0 Å². The van der Waals surface area contributed by atoms with Gasteiger partial charge in [-0.3, -0.25) is 4.79 Å². The molecule has 0 radical (unpaired) electrons. The molecular weight excluding hydrogens is 222 g/mol. The van der Waals surface area contributed by atoms with Crippen molar-refractivity contribution in [2.24, 2.45) is 0 Å². The lowest BCUT2D eigenvalue weighted by molar-refractivity contribution is 0.0608. The number of nitrogens with zero attached hydrogens (tertiary/aromatic N) is 1. The highest BCUT2D eigenvalue weighted by Gasteiger charge is 2.25. The van der Waals surface area contributed by atoms with E-state index in [1.54, 1.807) is 0 Å². The van der Waals surface area contributed by atoms with Gasteiger partial charge < -0.3 is 4.90 Å². The Bertz CT molecular complexity index is 347. The first-order valence-electron chi connectivity index (χ1n) is 7.19. The van der Waals surface area contributed by atoms with Crippen molar-refractivity contribution in [1.29, 1.82) is 0 Å². The molecule has 2 nitrogen and oxygen atoms in total. The molecule has 18 heavy (non-hydrogen) atoms. The van der Waals surface area contributed by atoms with E-state index in [1.165, 1.54) is 6.42 Å². The molecule has 0 saturated carbocycles. The van der Waals surface area contributed by atoms with Crippen molar-refractivity contribution >= 4 is 5.91 Å². The number of carbonyl (C=O) groups is 1. The average molecular weight is 247 g/mol. The quantitative estimate of drug-likeness (QED) is 0.770. The molecule has 1 heterocycles. The lowest BCUT2D eigenvalue weighted by atomic mass is 9.99. The Kier molecular flexibility index (Phi) is 6.48. The van der Waals surface area contributed by atoms with E-state index in [4.69, 9.17) is 0 Å². The zero-order chi connectivity index (χ0) is 13.4. The predicted molar refractivity (Wildman–Crippen MR) is 76.8 cm³/mol. The number of rotatable bonds is 2. The third-order valence-electron chi connectivity index (χ3n) is 3.38. The summed E-state index contributed by atoms with van der Waals surface area (Å²) in [6.45, 7) is 7.09. The molecule has 1 aliphatic rings. The maximum absolute atomic E-state index is 12.3. The van der Waals surface area contributed by atoms with Crippen molar-refractivity contribution in [2.45, 2.75) is 52.5 Å². The molecule has 1 aliphatic heterocycles. The first-order chi connectivity index (χ1) is 8.83. The van der Waals surface area contributed by atoms with E-state index in [0.717, 1.165) is 31.4 Å². The minimum Gasteiger partial charge on any atom is -0.336 e. The lowest BCUT2D eigenvalue weighted by Crippen LogP contribution is -2.43. The Morgan fingerprint density at radius 2 is 1.89 bits per heavy atom. The molecule has 1 fully saturated rings. The molecule has 1 saturated heterocycles. The summed E-state index contributed by atoms with van der Waals surface area (Å²) in [7, 11) is 0. The fraction of sp³-hybridized carbons (Fsp3) is 0.562. The van der Waals surface area contributed by atoms with Gasteiger partial charge in [-0.25, -0.2) is 0 Å². The zero-order valence-electron chi connectivity index (χ0n) is 11.9. The Morgan fingerprint density at radius 1 is 1.22 bits per heavy atom. The molecule has 0 aromatic heterocycles. The minimum atomic E-state index is 0.201. The van der Waals surface area contributed by atoms with Gasteiger partial charge in [0.05, 0.1) is 0 Å². The van der Waals surface area contributed by atoms with Crippen LogP contribution in [0.1, 0.15) is 56.8 Å². The van der Waals surface area contributed by atoms with Gasteiger partial charge in [0.25, 0.3) is 5.91 Å². The van der Waals surface area contributed by atoms with Gasteiger partial charge in [-0.2, -0.15) is 0 Å². The summed E-state index contributed by atoms with van der Waals surface area (Å²) in [6, 6.07) is 10.1. The summed E-state index contributed by atoms with van der Waals surface area (Å²) in [5, 5.41) is 0. The van der Waals surface area contributed by atoms with E-state index in [0.29, 0.717) is 6.04 Å². The first kappa shape index (κ1) is 14.7. The summed E-state index contributed by atoms with van der Waals surface area (Å²) in [5.41, 5.74) is 0.822. The SMILES string of the molecule is CC.CCC1CCCCN1C(=O)c1ccccc1. The van der Waals surface area contributed by atoms with Gasteiger partial charge in [0.1, 0.15) is 0 Å². The van der Waals surface area contributed by atoms with Crippen molar-refractivity contribution in [1.82, 2.24) is 4.90 Å². The first-order valence-corrected chi connectivity index (χ1v) is 7.19. The Labute approximate surface area is 111 Å². The van der Waals surface area contributed by atoms with Gasteiger partial charge in [0.2, 0.25) is 0 Å². The number of hydrogen-bond acceptors (Lipinski definition) is 1. The molecule has 100 valence electrons.